The maximum absolute atomic E-state index is 12.7. The monoisotopic (exact) mass is 771 g/mol. The second kappa shape index (κ2) is 38.5. The second-order valence-electron chi connectivity index (χ2n) is 15.2. The van der Waals surface area contributed by atoms with Crippen LogP contribution in [0.25, 0.3) is 0 Å². The van der Waals surface area contributed by atoms with Crippen molar-refractivity contribution in [3.05, 3.63) is 0 Å². The van der Waals surface area contributed by atoms with Crippen molar-refractivity contribution < 1.29 is 33.4 Å². The maximum atomic E-state index is 12.7. The van der Waals surface area contributed by atoms with Gasteiger partial charge in [0.15, 0.2) is 0 Å². The molecular formula is C43H82N2O7S. The Hall–Kier alpha value is -1.81. The summed E-state index contributed by atoms with van der Waals surface area (Å²) in [4.78, 5) is 49.4. The first-order chi connectivity index (χ1) is 25.7. The number of carbonyl (C=O) groups is 4. The van der Waals surface area contributed by atoms with E-state index in [9.17, 15) is 19.2 Å². The fourth-order valence-electron chi connectivity index (χ4n) is 6.19. The summed E-state index contributed by atoms with van der Waals surface area (Å²) in [5.41, 5.74) is 6.04. The first-order valence-electron chi connectivity index (χ1n) is 21.8. The summed E-state index contributed by atoms with van der Waals surface area (Å²) in [5.74, 6) is -0.961. The molecule has 0 aliphatic heterocycles. The van der Waals surface area contributed by atoms with Crippen LogP contribution in [0.1, 0.15) is 207 Å². The number of nitrogens with one attached hydrogen (secondary N) is 1. The lowest BCUT2D eigenvalue weighted by atomic mass is 10.0. The standard InChI is InChI=1S/C43H82N2O7S/c1-5-7-9-11-13-15-17-19-21-23-25-27-29-31-40(46)50-34-38(35-53-36-39(44)43(49)45-33-42(48)51-37(3)4)52-41(47)32-30-28-26-24-22-20-18-16-14-12-10-8-6-2/h37-39H,5-36,44H2,1-4H3,(H,45,49)/t38-,39+/m1/s1. The van der Waals surface area contributed by atoms with E-state index in [1.165, 1.54) is 140 Å². The highest BCUT2D eigenvalue weighted by Gasteiger charge is 2.20. The molecule has 0 aliphatic carbocycles. The molecule has 3 N–H and O–H groups in total. The molecular weight excluding hydrogens is 689 g/mol. The topological polar surface area (TPSA) is 134 Å². The molecule has 0 aromatic heterocycles. The van der Waals surface area contributed by atoms with Gasteiger partial charge in [-0.15, -0.1) is 0 Å². The molecule has 0 saturated carbocycles. The van der Waals surface area contributed by atoms with Crippen LogP contribution < -0.4 is 11.1 Å². The van der Waals surface area contributed by atoms with E-state index >= 15 is 0 Å². The summed E-state index contributed by atoms with van der Waals surface area (Å²) in [7, 11) is 0. The van der Waals surface area contributed by atoms with Gasteiger partial charge < -0.3 is 25.3 Å². The summed E-state index contributed by atoms with van der Waals surface area (Å²) in [5, 5.41) is 2.50. The lowest BCUT2D eigenvalue weighted by molar-refractivity contribution is -0.157. The number of hydrogen-bond acceptors (Lipinski definition) is 9. The van der Waals surface area contributed by atoms with E-state index in [4.69, 9.17) is 19.9 Å². The Morgan fingerprint density at radius 2 is 0.925 bits per heavy atom. The number of thioether (sulfide) groups is 1. The van der Waals surface area contributed by atoms with Gasteiger partial charge >= 0.3 is 17.9 Å². The molecule has 10 heteroatoms. The van der Waals surface area contributed by atoms with E-state index in [1.807, 2.05) is 0 Å². The molecule has 0 rings (SSSR count). The van der Waals surface area contributed by atoms with E-state index < -0.39 is 24.0 Å². The van der Waals surface area contributed by atoms with Gasteiger partial charge in [-0.1, -0.05) is 168 Å². The van der Waals surface area contributed by atoms with Crippen molar-refractivity contribution in [3.8, 4) is 0 Å². The summed E-state index contributed by atoms with van der Waals surface area (Å²) in [6.45, 7) is 7.72. The zero-order chi connectivity index (χ0) is 39.2. The van der Waals surface area contributed by atoms with Gasteiger partial charge in [-0.25, -0.2) is 0 Å². The highest BCUT2D eigenvalue weighted by atomic mass is 32.2. The van der Waals surface area contributed by atoms with Crippen LogP contribution in [-0.2, 0) is 33.4 Å². The van der Waals surface area contributed by atoms with E-state index in [1.54, 1.807) is 13.8 Å². The SMILES string of the molecule is CCCCCCCCCCCCCCCC(=O)OC[C@H](CSC[C@H](N)C(=O)NCC(=O)OC(C)C)OC(=O)CCCCCCCCCCCCCCC. The number of nitrogens with two attached hydrogens (primary N) is 1. The first kappa shape index (κ1) is 51.2. The van der Waals surface area contributed by atoms with Crippen LogP contribution in [0.15, 0.2) is 0 Å². The highest BCUT2D eigenvalue weighted by molar-refractivity contribution is 7.99. The highest BCUT2D eigenvalue weighted by Crippen LogP contribution is 2.16. The van der Waals surface area contributed by atoms with Crippen LogP contribution in [0, 0.1) is 0 Å². The van der Waals surface area contributed by atoms with Gasteiger partial charge in [0.25, 0.3) is 0 Å². The van der Waals surface area contributed by atoms with Crippen molar-refractivity contribution in [1.29, 1.82) is 0 Å². The Balaban J connectivity index is 4.43. The summed E-state index contributed by atoms with van der Waals surface area (Å²) in [6.07, 6.45) is 32.0. The number of unbranched alkanes of at least 4 members (excludes halogenated alkanes) is 24. The molecule has 0 bridgehead atoms. The van der Waals surface area contributed by atoms with Gasteiger partial charge in [0, 0.05) is 24.3 Å². The predicted octanol–water partition coefficient (Wildman–Crippen LogP) is 10.5. The Morgan fingerprint density at radius 1 is 0.528 bits per heavy atom. The van der Waals surface area contributed by atoms with E-state index in [-0.39, 0.29) is 36.9 Å². The third-order valence-corrected chi connectivity index (χ3v) is 10.6. The normalized spacial score (nSPS) is 12.4. The number of rotatable bonds is 39. The van der Waals surface area contributed by atoms with E-state index in [0.29, 0.717) is 18.6 Å². The minimum atomic E-state index is -0.855. The Bertz CT molecular complexity index is 889. The second-order valence-corrected chi connectivity index (χ2v) is 16.3. The minimum Gasteiger partial charge on any atom is -0.462 e. The van der Waals surface area contributed by atoms with Crippen molar-refractivity contribution in [2.24, 2.45) is 5.73 Å². The average molecular weight is 771 g/mol. The van der Waals surface area contributed by atoms with Crippen molar-refractivity contribution in [1.82, 2.24) is 5.32 Å². The molecule has 0 radical (unpaired) electrons. The Morgan fingerprint density at radius 3 is 1.34 bits per heavy atom. The molecule has 9 nitrogen and oxygen atoms in total. The molecule has 0 aromatic carbocycles. The average Bonchev–Trinajstić information content (AvgIpc) is 3.12. The minimum absolute atomic E-state index is 0.0168. The van der Waals surface area contributed by atoms with Gasteiger partial charge in [-0.3, -0.25) is 19.2 Å². The van der Waals surface area contributed by atoms with Crippen molar-refractivity contribution in [2.45, 2.75) is 226 Å². The van der Waals surface area contributed by atoms with Crippen LogP contribution in [-0.4, -0.2) is 66.7 Å². The predicted molar refractivity (Wildman–Crippen MR) is 221 cm³/mol. The quantitative estimate of drug-likeness (QED) is 0.0356. The molecule has 0 heterocycles. The molecule has 0 fully saturated rings. The molecule has 0 saturated heterocycles. The van der Waals surface area contributed by atoms with Crippen LogP contribution in [0.2, 0.25) is 0 Å². The fraction of sp³-hybridized carbons (Fsp3) is 0.907. The molecule has 0 aromatic rings. The summed E-state index contributed by atoms with van der Waals surface area (Å²) < 4.78 is 16.3. The number of hydrogen-bond donors (Lipinski definition) is 2. The molecule has 0 unspecified atom stereocenters. The molecule has 0 aliphatic rings. The van der Waals surface area contributed by atoms with Crippen molar-refractivity contribution >= 4 is 35.6 Å². The largest absolute Gasteiger partial charge is 0.462 e. The third kappa shape index (κ3) is 36.9. The Kier molecular flexibility index (Phi) is 37.2. The van der Waals surface area contributed by atoms with Crippen LogP contribution >= 0.6 is 11.8 Å². The smallest absolute Gasteiger partial charge is 0.325 e. The number of esters is 3. The number of amides is 1. The van der Waals surface area contributed by atoms with Crippen LogP contribution in [0.3, 0.4) is 0 Å². The van der Waals surface area contributed by atoms with Crippen LogP contribution in [0.4, 0.5) is 0 Å². The van der Waals surface area contributed by atoms with Crippen LogP contribution in [0.5, 0.6) is 0 Å². The van der Waals surface area contributed by atoms with E-state index in [0.717, 1.165) is 38.5 Å². The third-order valence-electron chi connectivity index (χ3n) is 9.41. The maximum Gasteiger partial charge on any atom is 0.325 e. The zero-order valence-electron chi connectivity index (χ0n) is 34.7. The van der Waals surface area contributed by atoms with Gasteiger partial charge in [0.05, 0.1) is 12.1 Å². The molecule has 2 atom stereocenters. The van der Waals surface area contributed by atoms with Crippen molar-refractivity contribution in [3.63, 3.8) is 0 Å². The molecule has 0 spiro atoms. The first-order valence-corrected chi connectivity index (χ1v) is 23.0. The van der Waals surface area contributed by atoms with Gasteiger partial charge in [0.2, 0.25) is 5.91 Å². The Labute approximate surface area is 329 Å². The zero-order valence-corrected chi connectivity index (χ0v) is 35.5. The van der Waals surface area contributed by atoms with Gasteiger partial charge in [0.1, 0.15) is 19.3 Å². The summed E-state index contributed by atoms with van der Waals surface area (Å²) in [6, 6.07) is -0.855. The lowest BCUT2D eigenvalue weighted by Gasteiger charge is -2.19. The lowest BCUT2D eigenvalue weighted by Crippen LogP contribution is -2.44. The van der Waals surface area contributed by atoms with Gasteiger partial charge in [-0.2, -0.15) is 11.8 Å². The van der Waals surface area contributed by atoms with Crippen molar-refractivity contribution in [2.75, 3.05) is 24.7 Å². The fourth-order valence-corrected chi connectivity index (χ4v) is 7.16. The van der Waals surface area contributed by atoms with E-state index in [2.05, 4.69) is 19.2 Å². The molecule has 312 valence electrons. The molecule has 1 amide bonds. The number of carbonyl (C=O) groups excluding carboxylic acids is 4. The molecule has 53 heavy (non-hydrogen) atoms. The number of ether oxygens (including phenoxy) is 3. The van der Waals surface area contributed by atoms with Gasteiger partial charge in [-0.05, 0) is 26.7 Å². The summed E-state index contributed by atoms with van der Waals surface area (Å²) >= 11 is 1.35.